The Bertz CT molecular complexity index is 479. The number of carbonyl (C=O) groups excluding carboxylic acids is 1. The first-order valence-electron chi connectivity index (χ1n) is 5.24. The molecule has 0 saturated carbocycles. The Morgan fingerprint density at radius 2 is 1.94 bits per heavy atom. The van der Waals surface area contributed by atoms with Crippen molar-refractivity contribution >= 4 is 38.9 Å². The Balaban J connectivity index is 1.93. The maximum Gasteiger partial charge on any atom is 0.228 e. The van der Waals surface area contributed by atoms with Crippen LogP contribution < -0.4 is 5.32 Å². The fourth-order valence-corrected chi connectivity index (χ4v) is 2.50. The summed E-state index contributed by atoms with van der Waals surface area (Å²) in [7, 11) is 0. The quantitative estimate of drug-likeness (QED) is 0.855. The van der Waals surface area contributed by atoms with Gasteiger partial charge in [-0.25, -0.2) is 0 Å². The molecule has 2 aromatic rings. The lowest BCUT2D eigenvalue weighted by Gasteiger charge is -2.05. The number of anilines is 1. The van der Waals surface area contributed by atoms with Crippen LogP contribution >= 0.6 is 27.3 Å². The third-order valence-corrected chi connectivity index (χ3v) is 3.72. The number of hydrogen-bond donors (Lipinski definition) is 1. The van der Waals surface area contributed by atoms with E-state index >= 15 is 0 Å². The molecule has 17 heavy (non-hydrogen) atoms. The predicted octanol–water partition coefficient (Wildman–Crippen LogP) is 3.82. The van der Waals surface area contributed by atoms with Crippen molar-refractivity contribution in [1.29, 1.82) is 0 Å². The van der Waals surface area contributed by atoms with Gasteiger partial charge in [0.05, 0.1) is 6.42 Å². The highest BCUT2D eigenvalue weighted by molar-refractivity contribution is 9.08. The molecule has 1 heterocycles. The molecule has 0 aliphatic carbocycles. The Labute approximate surface area is 113 Å². The first-order chi connectivity index (χ1) is 8.28. The Kier molecular flexibility index (Phi) is 4.34. The molecule has 88 valence electrons. The van der Waals surface area contributed by atoms with Crippen molar-refractivity contribution in [3.8, 4) is 0 Å². The van der Waals surface area contributed by atoms with Crippen LogP contribution in [0.1, 0.15) is 11.1 Å². The third-order valence-electron chi connectivity index (χ3n) is 2.34. The fraction of sp³-hybridized carbons (Fsp3) is 0.154. The van der Waals surface area contributed by atoms with E-state index in [4.69, 9.17) is 0 Å². The second-order valence-corrected chi connectivity index (χ2v) is 5.03. The van der Waals surface area contributed by atoms with E-state index in [2.05, 4.69) is 21.2 Å². The van der Waals surface area contributed by atoms with Gasteiger partial charge in [-0.1, -0.05) is 28.1 Å². The topological polar surface area (TPSA) is 29.1 Å². The normalized spacial score (nSPS) is 10.2. The molecule has 0 aliphatic rings. The van der Waals surface area contributed by atoms with Crippen molar-refractivity contribution < 1.29 is 4.79 Å². The van der Waals surface area contributed by atoms with Crippen LogP contribution in [0.4, 0.5) is 5.69 Å². The van der Waals surface area contributed by atoms with E-state index in [0.29, 0.717) is 6.42 Å². The lowest BCUT2D eigenvalue weighted by molar-refractivity contribution is -0.115. The van der Waals surface area contributed by atoms with E-state index in [9.17, 15) is 4.79 Å². The minimum absolute atomic E-state index is 0.0231. The average Bonchev–Trinajstić information content (AvgIpc) is 2.82. The van der Waals surface area contributed by atoms with Crippen LogP contribution in [0.15, 0.2) is 41.1 Å². The maximum atomic E-state index is 11.7. The Morgan fingerprint density at radius 1 is 1.18 bits per heavy atom. The number of rotatable bonds is 4. The standard InChI is InChI=1S/C13H12BrNOS/c14-8-10-1-3-12(4-2-10)15-13(16)7-11-5-6-17-9-11/h1-6,9H,7-8H2,(H,15,16). The van der Waals surface area contributed by atoms with Crippen LogP contribution in [0.2, 0.25) is 0 Å². The predicted molar refractivity (Wildman–Crippen MR) is 75.7 cm³/mol. The lowest BCUT2D eigenvalue weighted by Crippen LogP contribution is -2.13. The molecule has 0 atom stereocenters. The molecule has 1 amide bonds. The van der Waals surface area contributed by atoms with Gasteiger partial charge in [0.2, 0.25) is 5.91 Å². The summed E-state index contributed by atoms with van der Waals surface area (Å²) in [5, 5.41) is 7.68. The van der Waals surface area contributed by atoms with Gasteiger partial charge < -0.3 is 5.32 Å². The van der Waals surface area contributed by atoms with Crippen molar-refractivity contribution in [3.05, 3.63) is 52.2 Å². The van der Waals surface area contributed by atoms with Gasteiger partial charge in [0.1, 0.15) is 0 Å². The van der Waals surface area contributed by atoms with E-state index in [0.717, 1.165) is 16.6 Å². The van der Waals surface area contributed by atoms with Crippen molar-refractivity contribution in [2.45, 2.75) is 11.8 Å². The van der Waals surface area contributed by atoms with E-state index in [1.807, 2.05) is 41.1 Å². The summed E-state index contributed by atoms with van der Waals surface area (Å²) in [4.78, 5) is 11.7. The molecule has 2 nitrogen and oxygen atoms in total. The van der Waals surface area contributed by atoms with Crippen LogP contribution in [0, 0.1) is 0 Å². The second-order valence-electron chi connectivity index (χ2n) is 3.69. The van der Waals surface area contributed by atoms with Crippen LogP contribution in [-0.4, -0.2) is 5.91 Å². The summed E-state index contributed by atoms with van der Waals surface area (Å²) in [6, 6.07) is 9.80. The molecular formula is C13H12BrNOS. The molecule has 0 radical (unpaired) electrons. The molecule has 0 saturated heterocycles. The van der Waals surface area contributed by atoms with Gasteiger partial charge in [-0.05, 0) is 40.1 Å². The first kappa shape index (κ1) is 12.3. The fourth-order valence-electron chi connectivity index (χ4n) is 1.46. The zero-order valence-corrected chi connectivity index (χ0v) is 11.6. The molecule has 0 bridgehead atoms. The molecule has 4 heteroatoms. The lowest BCUT2D eigenvalue weighted by atomic mass is 10.2. The molecule has 1 aromatic heterocycles. The average molecular weight is 310 g/mol. The minimum atomic E-state index is 0.0231. The van der Waals surface area contributed by atoms with Gasteiger partial charge >= 0.3 is 0 Å². The molecule has 0 fully saturated rings. The molecule has 0 aliphatic heterocycles. The highest BCUT2D eigenvalue weighted by Gasteiger charge is 2.04. The summed E-state index contributed by atoms with van der Waals surface area (Å²) < 4.78 is 0. The van der Waals surface area contributed by atoms with Crippen LogP contribution in [0.25, 0.3) is 0 Å². The van der Waals surface area contributed by atoms with Crippen LogP contribution in [0.5, 0.6) is 0 Å². The maximum absolute atomic E-state index is 11.7. The van der Waals surface area contributed by atoms with Crippen LogP contribution in [-0.2, 0) is 16.5 Å². The number of amides is 1. The van der Waals surface area contributed by atoms with E-state index in [-0.39, 0.29) is 5.91 Å². The number of benzene rings is 1. The van der Waals surface area contributed by atoms with E-state index in [1.54, 1.807) is 11.3 Å². The van der Waals surface area contributed by atoms with Crippen LogP contribution in [0.3, 0.4) is 0 Å². The summed E-state index contributed by atoms with van der Waals surface area (Å²) in [5.74, 6) is 0.0231. The molecule has 2 rings (SSSR count). The van der Waals surface area contributed by atoms with Gasteiger partial charge in [0.15, 0.2) is 0 Å². The van der Waals surface area contributed by atoms with Crippen molar-refractivity contribution in [2.24, 2.45) is 0 Å². The Hall–Kier alpha value is -1.13. The first-order valence-corrected chi connectivity index (χ1v) is 7.30. The second kappa shape index (κ2) is 5.98. The summed E-state index contributed by atoms with van der Waals surface area (Å²) >= 11 is 4.99. The van der Waals surface area contributed by atoms with Gasteiger partial charge in [-0.15, -0.1) is 0 Å². The van der Waals surface area contributed by atoms with Crippen molar-refractivity contribution in [1.82, 2.24) is 0 Å². The van der Waals surface area contributed by atoms with Gasteiger partial charge in [0, 0.05) is 11.0 Å². The molecule has 1 aromatic carbocycles. The van der Waals surface area contributed by atoms with Crippen molar-refractivity contribution in [2.75, 3.05) is 5.32 Å². The van der Waals surface area contributed by atoms with Gasteiger partial charge in [0.25, 0.3) is 0 Å². The third kappa shape index (κ3) is 3.68. The highest BCUT2D eigenvalue weighted by Crippen LogP contribution is 2.13. The highest BCUT2D eigenvalue weighted by atomic mass is 79.9. The monoisotopic (exact) mass is 309 g/mol. The van der Waals surface area contributed by atoms with Gasteiger partial charge in [-0.2, -0.15) is 11.3 Å². The molecule has 0 spiro atoms. The summed E-state index contributed by atoms with van der Waals surface area (Å²) in [6.07, 6.45) is 0.434. The van der Waals surface area contributed by atoms with E-state index in [1.165, 1.54) is 5.56 Å². The molecule has 1 N–H and O–H groups in total. The number of thiophene rings is 1. The number of hydrogen-bond acceptors (Lipinski definition) is 2. The summed E-state index contributed by atoms with van der Waals surface area (Å²) in [5.41, 5.74) is 3.10. The SMILES string of the molecule is O=C(Cc1ccsc1)Nc1ccc(CBr)cc1. The van der Waals surface area contributed by atoms with Crippen molar-refractivity contribution in [3.63, 3.8) is 0 Å². The Morgan fingerprint density at radius 3 is 2.53 bits per heavy atom. The summed E-state index contributed by atoms with van der Waals surface area (Å²) in [6.45, 7) is 0. The number of carbonyl (C=O) groups is 1. The minimum Gasteiger partial charge on any atom is -0.326 e. The zero-order chi connectivity index (χ0) is 12.1. The molecular weight excluding hydrogens is 298 g/mol. The number of alkyl halides is 1. The number of halogens is 1. The number of nitrogens with one attached hydrogen (secondary N) is 1. The van der Waals surface area contributed by atoms with Gasteiger partial charge in [-0.3, -0.25) is 4.79 Å². The smallest absolute Gasteiger partial charge is 0.228 e. The zero-order valence-electron chi connectivity index (χ0n) is 9.15. The van der Waals surface area contributed by atoms with E-state index < -0.39 is 0 Å². The molecule has 0 unspecified atom stereocenters. The largest absolute Gasteiger partial charge is 0.326 e.